The highest BCUT2D eigenvalue weighted by Gasteiger charge is 2.54. The molecule has 1 spiro atoms. The molecule has 1 atom stereocenters. The lowest BCUT2D eigenvalue weighted by Gasteiger charge is -2.53. The summed E-state index contributed by atoms with van der Waals surface area (Å²) in [7, 11) is 1.64. The molecule has 29 heavy (non-hydrogen) atoms. The van der Waals surface area contributed by atoms with Crippen LogP contribution in [0.15, 0.2) is 48.7 Å². The van der Waals surface area contributed by atoms with E-state index in [2.05, 4.69) is 10.3 Å². The maximum atomic E-state index is 13.6. The summed E-state index contributed by atoms with van der Waals surface area (Å²) in [4.78, 5) is 33.2. The van der Waals surface area contributed by atoms with Crippen molar-refractivity contribution in [1.29, 1.82) is 0 Å². The van der Waals surface area contributed by atoms with E-state index in [1.54, 1.807) is 19.4 Å². The van der Waals surface area contributed by atoms with Crippen LogP contribution in [0, 0.1) is 0 Å². The molecule has 1 aromatic carbocycles. The van der Waals surface area contributed by atoms with Gasteiger partial charge in [-0.25, -0.2) is 4.98 Å². The van der Waals surface area contributed by atoms with E-state index in [9.17, 15) is 9.59 Å². The van der Waals surface area contributed by atoms with Crippen molar-refractivity contribution in [2.75, 3.05) is 25.6 Å². The van der Waals surface area contributed by atoms with Gasteiger partial charge in [0.1, 0.15) is 5.82 Å². The lowest BCUT2D eigenvalue weighted by Crippen LogP contribution is -2.62. The Morgan fingerprint density at radius 1 is 1.17 bits per heavy atom. The molecule has 0 bridgehead atoms. The van der Waals surface area contributed by atoms with Crippen molar-refractivity contribution in [3.8, 4) is 0 Å². The average molecular weight is 393 g/mol. The van der Waals surface area contributed by atoms with Gasteiger partial charge in [0.05, 0.1) is 18.1 Å². The zero-order valence-electron chi connectivity index (χ0n) is 16.8. The predicted molar refractivity (Wildman–Crippen MR) is 111 cm³/mol. The van der Waals surface area contributed by atoms with E-state index < -0.39 is 11.5 Å². The highest BCUT2D eigenvalue weighted by atomic mass is 16.5. The van der Waals surface area contributed by atoms with Crippen molar-refractivity contribution in [3.63, 3.8) is 0 Å². The summed E-state index contributed by atoms with van der Waals surface area (Å²) in [5.74, 6) is -0.00810. The Morgan fingerprint density at radius 3 is 2.66 bits per heavy atom. The van der Waals surface area contributed by atoms with Gasteiger partial charge in [-0.2, -0.15) is 0 Å². The molecule has 152 valence electrons. The van der Waals surface area contributed by atoms with Crippen molar-refractivity contribution in [2.24, 2.45) is 0 Å². The molecule has 0 saturated heterocycles. The van der Waals surface area contributed by atoms with E-state index in [0.29, 0.717) is 24.5 Å². The van der Waals surface area contributed by atoms with Crippen LogP contribution < -0.4 is 5.32 Å². The lowest BCUT2D eigenvalue weighted by atomic mass is 9.65. The lowest BCUT2D eigenvalue weighted by molar-refractivity contribution is -0.122. The van der Waals surface area contributed by atoms with E-state index in [-0.39, 0.29) is 11.8 Å². The van der Waals surface area contributed by atoms with Crippen LogP contribution in [0.1, 0.15) is 53.9 Å². The molecule has 1 aromatic heterocycles. The Labute approximate surface area is 171 Å². The second kappa shape index (κ2) is 8.33. The van der Waals surface area contributed by atoms with Crippen LogP contribution in [0.25, 0.3) is 0 Å². The number of hydrogen-bond acceptors (Lipinski definition) is 4. The van der Waals surface area contributed by atoms with Gasteiger partial charge in [-0.3, -0.25) is 9.59 Å². The number of ether oxygens (including phenoxy) is 1. The fraction of sp³-hybridized carbons (Fsp3) is 0.435. The third kappa shape index (κ3) is 3.53. The van der Waals surface area contributed by atoms with Gasteiger partial charge in [0.15, 0.2) is 0 Å². The molecule has 1 saturated carbocycles. The third-order valence-electron chi connectivity index (χ3n) is 6.24. The summed E-state index contributed by atoms with van der Waals surface area (Å²) < 4.78 is 5.30. The van der Waals surface area contributed by atoms with Crippen molar-refractivity contribution in [3.05, 3.63) is 59.8 Å². The van der Waals surface area contributed by atoms with E-state index in [1.807, 2.05) is 41.3 Å². The first-order chi connectivity index (χ1) is 14.2. The van der Waals surface area contributed by atoms with E-state index in [4.69, 9.17) is 4.74 Å². The predicted octanol–water partition coefficient (Wildman–Crippen LogP) is 3.61. The van der Waals surface area contributed by atoms with Crippen LogP contribution in [0.5, 0.6) is 0 Å². The van der Waals surface area contributed by atoms with Crippen molar-refractivity contribution in [2.45, 2.75) is 43.6 Å². The topological polar surface area (TPSA) is 71.5 Å². The van der Waals surface area contributed by atoms with Crippen LogP contribution in [0.2, 0.25) is 0 Å². The number of carbonyl (C=O) groups excluding carboxylic acids is 2. The number of fused-ring (bicyclic) bond motifs is 1. The zero-order valence-corrected chi connectivity index (χ0v) is 16.8. The van der Waals surface area contributed by atoms with Crippen LogP contribution in [-0.2, 0) is 9.53 Å². The van der Waals surface area contributed by atoms with Gasteiger partial charge in [0.2, 0.25) is 5.91 Å². The van der Waals surface area contributed by atoms with Gasteiger partial charge >= 0.3 is 0 Å². The molecule has 6 nitrogen and oxygen atoms in total. The third-order valence-corrected chi connectivity index (χ3v) is 6.24. The highest BCUT2D eigenvalue weighted by molar-refractivity contribution is 6.04. The van der Waals surface area contributed by atoms with Gasteiger partial charge in [-0.05, 0) is 36.6 Å². The number of methoxy groups -OCH3 is 1. The van der Waals surface area contributed by atoms with E-state index in [1.165, 1.54) is 0 Å². The van der Waals surface area contributed by atoms with Gasteiger partial charge in [0, 0.05) is 25.4 Å². The van der Waals surface area contributed by atoms with Crippen molar-refractivity contribution < 1.29 is 14.3 Å². The number of nitrogens with zero attached hydrogens (tertiary/aromatic N) is 2. The quantitative estimate of drug-likeness (QED) is 0.842. The Kier molecular flexibility index (Phi) is 5.62. The number of carbonyl (C=O) groups is 2. The van der Waals surface area contributed by atoms with Crippen molar-refractivity contribution in [1.82, 2.24) is 9.88 Å². The molecule has 1 aliphatic heterocycles. The number of rotatable bonds is 5. The number of aromatic nitrogens is 1. The fourth-order valence-electron chi connectivity index (χ4n) is 4.99. The molecule has 2 aliphatic rings. The fourth-order valence-corrected chi connectivity index (χ4v) is 4.99. The second-order valence-electron chi connectivity index (χ2n) is 7.84. The molecule has 2 aromatic rings. The maximum Gasteiger partial charge on any atom is 0.254 e. The molecule has 2 amide bonds. The summed E-state index contributed by atoms with van der Waals surface area (Å²) in [6, 6.07) is 13.0. The molecule has 0 radical (unpaired) electrons. The van der Waals surface area contributed by atoms with Crippen molar-refractivity contribution >= 4 is 17.6 Å². The molecular formula is C23H27N3O3. The smallest absolute Gasteiger partial charge is 0.254 e. The van der Waals surface area contributed by atoms with Crippen LogP contribution in [0.3, 0.4) is 0 Å². The first kappa shape index (κ1) is 19.6. The summed E-state index contributed by atoms with van der Waals surface area (Å²) >= 11 is 0. The molecule has 1 unspecified atom stereocenters. The van der Waals surface area contributed by atoms with Crippen LogP contribution >= 0.6 is 0 Å². The van der Waals surface area contributed by atoms with Gasteiger partial charge in [0.25, 0.3) is 5.91 Å². The second-order valence-corrected chi connectivity index (χ2v) is 7.84. The van der Waals surface area contributed by atoms with E-state index in [0.717, 1.165) is 37.7 Å². The average Bonchev–Trinajstić information content (AvgIpc) is 2.75. The summed E-state index contributed by atoms with van der Waals surface area (Å²) in [6.07, 6.45) is 6.44. The van der Waals surface area contributed by atoms with E-state index >= 15 is 0 Å². The monoisotopic (exact) mass is 393 g/mol. The Bertz CT molecular complexity index is 878. The molecule has 6 heteroatoms. The number of nitrogens with one attached hydrogen (secondary N) is 1. The Balaban J connectivity index is 1.80. The minimum atomic E-state index is -0.527. The zero-order chi connectivity index (χ0) is 20.3. The largest absolute Gasteiger partial charge is 0.383 e. The molecule has 1 aliphatic carbocycles. The molecule has 2 heterocycles. The van der Waals surface area contributed by atoms with Crippen LogP contribution in [0.4, 0.5) is 5.82 Å². The number of benzene rings is 1. The molecule has 4 rings (SSSR count). The number of anilines is 1. The minimum Gasteiger partial charge on any atom is -0.383 e. The molecule has 1 fully saturated rings. The van der Waals surface area contributed by atoms with Gasteiger partial charge in [-0.1, -0.05) is 43.5 Å². The first-order valence-electron chi connectivity index (χ1n) is 10.3. The van der Waals surface area contributed by atoms with Gasteiger partial charge in [-0.15, -0.1) is 0 Å². The Morgan fingerprint density at radius 2 is 1.93 bits per heavy atom. The molecular weight excluding hydrogens is 366 g/mol. The normalized spacial score (nSPS) is 20.4. The number of amides is 2. The minimum absolute atomic E-state index is 0.00133. The van der Waals surface area contributed by atoms with Gasteiger partial charge < -0.3 is 15.0 Å². The highest BCUT2D eigenvalue weighted by Crippen LogP contribution is 2.49. The molecule has 1 N–H and O–H groups in total. The maximum absolute atomic E-state index is 13.6. The first-order valence-corrected chi connectivity index (χ1v) is 10.3. The standard InChI is InChI=1S/C23H27N3O3/c1-29-16-15-26-22(28)18-10-4-3-9-17(18)20(23(26)12-6-2-7-13-23)21(27)25-19-11-5-8-14-24-19/h3-5,8-11,14,20H,2,6-7,12-13,15-16H2,1H3,(H,24,25,27). The Hall–Kier alpha value is -2.73. The summed E-state index contributed by atoms with van der Waals surface area (Å²) in [5.41, 5.74) is 0.906. The number of hydrogen-bond donors (Lipinski definition) is 1. The summed E-state index contributed by atoms with van der Waals surface area (Å²) in [5, 5.41) is 3.00. The van der Waals surface area contributed by atoms with Crippen LogP contribution in [-0.4, -0.2) is 47.5 Å². The summed E-state index contributed by atoms with van der Waals surface area (Å²) in [6.45, 7) is 0.932. The SMILES string of the molecule is COCCN1C(=O)c2ccccc2C(C(=O)Nc2ccccn2)C12CCCCC2. The number of pyridine rings is 1.